The molecule has 1 N–H and O–H groups in total. The lowest BCUT2D eigenvalue weighted by Gasteiger charge is -2.15. The number of pyridine rings is 1. The van der Waals surface area contributed by atoms with Gasteiger partial charge in [-0.2, -0.15) is 0 Å². The van der Waals surface area contributed by atoms with E-state index in [0.717, 1.165) is 17.7 Å². The number of nitrogens with zero attached hydrogens (tertiary/aromatic N) is 1. The summed E-state index contributed by atoms with van der Waals surface area (Å²) in [5.41, 5.74) is 2.70. The molecule has 21 heavy (non-hydrogen) atoms. The number of hydrogen-bond acceptors (Lipinski definition) is 4. The van der Waals surface area contributed by atoms with Crippen LogP contribution in [0, 0.1) is 0 Å². The highest BCUT2D eigenvalue weighted by atomic mass is 16.5. The largest absolute Gasteiger partial charge is 0.462 e. The lowest BCUT2D eigenvalue weighted by atomic mass is 10.1. The van der Waals surface area contributed by atoms with Crippen LogP contribution in [-0.4, -0.2) is 17.6 Å². The van der Waals surface area contributed by atoms with Gasteiger partial charge in [0.25, 0.3) is 0 Å². The van der Waals surface area contributed by atoms with Gasteiger partial charge in [0, 0.05) is 24.1 Å². The Morgan fingerprint density at radius 1 is 1.19 bits per heavy atom. The van der Waals surface area contributed by atoms with Gasteiger partial charge >= 0.3 is 5.97 Å². The zero-order valence-electron chi connectivity index (χ0n) is 12.4. The Morgan fingerprint density at radius 2 is 1.86 bits per heavy atom. The molecule has 1 atom stereocenters. The van der Waals surface area contributed by atoms with E-state index in [9.17, 15) is 4.79 Å². The van der Waals surface area contributed by atoms with Gasteiger partial charge in [-0.25, -0.2) is 4.79 Å². The number of hydrogen-bond donors (Lipinski definition) is 1. The van der Waals surface area contributed by atoms with Gasteiger partial charge < -0.3 is 10.1 Å². The van der Waals surface area contributed by atoms with Crippen molar-refractivity contribution >= 4 is 11.7 Å². The molecule has 1 heterocycles. The van der Waals surface area contributed by atoms with Crippen LogP contribution >= 0.6 is 0 Å². The molecule has 0 radical (unpaired) electrons. The van der Waals surface area contributed by atoms with E-state index in [2.05, 4.69) is 17.2 Å². The highest BCUT2D eigenvalue weighted by Gasteiger charge is 2.08. The van der Waals surface area contributed by atoms with Crippen LogP contribution in [-0.2, 0) is 4.74 Å². The number of benzene rings is 1. The molecule has 2 aromatic rings. The van der Waals surface area contributed by atoms with Crippen LogP contribution in [0.3, 0.4) is 0 Å². The zero-order chi connectivity index (χ0) is 15.1. The molecule has 2 rings (SSSR count). The highest BCUT2D eigenvalue weighted by Crippen LogP contribution is 2.19. The average Bonchev–Trinajstić information content (AvgIpc) is 2.54. The second-order valence-electron chi connectivity index (χ2n) is 4.86. The molecule has 0 bridgehead atoms. The van der Waals surface area contributed by atoms with Crippen molar-refractivity contribution in [3.63, 3.8) is 0 Å². The van der Waals surface area contributed by atoms with Gasteiger partial charge in [-0.05, 0) is 55.3 Å². The molecule has 0 saturated heterocycles. The SMILES string of the molecule is CCCOC(=O)c1ccc(NC(C)c2ccncc2)cc1. The van der Waals surface area contributed by atoms with Crippen LogP contribution in [0.25, 0.3) is 0 Å². The molecule has 0 aliphatic heterocycles. The van der Waals surface area contributed by atoms with E-state index < -0.39 is 0 Å². The standard InChI is InChI=1S/C17H20N2O2/c1-3-12-21-17(20)15-4-6-16(7-5-15)19-13(2)14-8-10-18-11-9-14/h4-11,13,19H,3,12H2,1-2H3. The van der Waals surface area contributed by atoms with Crippen LogP contribution in [0.15, 0.2) is 48.8 Å². The monoisotopic (exact) mass is 284 g/mol. The summed E-state index contributed by atoms with van der Waals surface area (Å²) in [5.74, 6) is -0.273. The Hall–Kier alpha value is -2.36. The third-order valence-corrected chi connectivity index (χ3v) is 3.15. The smallest absolute Gasteiger partial charge is 0.338 e. The minimum atomic E-state index is -0.273. The molecule has 1 unspecified atom stereocenters. The fourth-order valence-electron chi connectivity index (χ4n) is 1.97. The molecule has 1 aromatic heterocycles. The summed E-state index contributed by atoms with van der Waals surface area (Å²) >= 11 is 0. The third-order valence-electron chi connectivity index (χ3n) is 3.15. The Morgan fingerprint density at radius 3 is 2.48 bits per heavy atom. The molecule has 1 aromatic carbocycles. The van der Waals surface area contributed by atoms with Gasteiger partial charge in [-0.3, -0.25) is 4.98 Å². The minimum absolute atomic E-state index is 0.172. The van der Waals surface area contributed by atoms with Gasteiger partial charge in [-0.1, -0.05) is 6.92 Å². The topological polar surface area (TPSA) is 51.2 Å². The fraction of sp³-hybridized carbons (Fsp3) is 0.294. The zero-order valence-corrected chi connectivity index (χ0v) is 12.4. The van der Waals surface area contributed by atoms with Crippen molar-refractivity contribution in [3.8, 4) is 0 Å². The molecule has 0 fully saturated rings. The minimum Gasteiger partial charge on any atom is -0.462 e. The Labute approximate surface area is 125 Å². The van der Waals surface area contributed by atoms with E-state index >= 15 is 0 Å². The van der Waals surface area contributed by atoms with Gasteiger partial charge in [0.1, 0.15) is 0 Å². The Balaban J connectivity index is 1.98. The van der Waals surface area contributed by atoms with Crippen molar-refractivity contribution in [2.45, 2.75) is 26.3 Å². The van der Waals surface area contributed by atoms with Gasteiger partial charge in [-0.15, -0.1) is 0 Å². The quantitative estimate of drug-likeness (QED) is 0.819. The van der Waals surface area contributed by atoms with E-state index in [0.29, 0.717) is 12.2 Å². The number of aromatic nitrogens is 1. The van der Waals surface area contributed by atoms with Crippen molar-refractivity contribution in [1.29, 1.82) is 0 Å². The van der Waals surface area contributed by atoms with E-state index in [1.165, 1.54) is 0 Å². The first-order valence-corrected chi connectivity index (χ1v) is 7.14. The van der Waals surface area contributed by atoms with E-state index in [1.807, 2.05) is 31.2 Å². The molecule has 0 spiro atoms. The van der Waals surface area contributed by atoms with Crippen molar-refractivity contribution < 1.29 is 9.53 Å². The maximum atomic E-state index is 11.7. The number of carbonyl (C=O) groups is 1. The number of rotatable bonds is 6. The predicted molar refractivity (Wildman–Crippen MR) is 83.3 cm³/mol. The lowest BCUT2D eigenvalue weighted by molar-refractivity contribution is 0.0505. The summed E-state index contributed by atoms with van der Waals surface area (Å²) in [6.07, 6.45) is 4.38. The number of ether oxygens (including phenoxy) is 1. The van der Waals surface area contributed by atoms with E-state index in [1.54, 1.807) is 24.5 Å². The lowest BCUT2D eigenvalue weighted by Crippen LogP contribution is -2.08. The van der Waals surface area contributed by atoms with Gasteiger partial charge in [0.05, 0.1) is 12.2 Å². The summed E-state index contributed by atoms with van der Waals surface area (Å²) in [6.45, 7) is 4.51. The first kappa shape index (κ1) is 15.0. The summed E-state index contributed by atoms with van der Waals surface area (Å²) in [5, 5.41) is 3.39. The highest BCUT2D eigenvalue weighted by molar-refractivity contribution is 5.89. The maximum absolute atomic E-state index is 11.7. The van der Waals surface area contributed by atoms with Crippen LogP contribution in [0.4, 0.5) is 5.69 Å². The Kier molecular flexibility index (Phi) is 5.32. The van der Waals surface area contributed by atoms with Crippen LogP contribution in [0.5, 0.6) is 0 Å². The summed E-state index contributed by atoms with van der Waals surface area (Å²) in [4.78, 5) is 15.7. The van der Waals surface area contributed by atoms with Crippen LogP contribution in [0.1, 0.15) is 42.2 Å². The number of esters is 1. The first-order chi connectivity index (χ1) is 10.2. The number of carbonyl (C=O) groups excluding carboxylic acids is 1. The van der Waals surface area contributed by atoms with Crippen LogP contribution in [0.2, 0.25) is 0 Å². The molecule has 0 aliphatic carbocycles. The van der Waals surface area contributed by atoms with Crippen molar-refractivity contribution in [3.05, 3.63) is 59.9 Å². The molecular formula is C17H20N2O2. The molecule has 4 nitrogen and oxygen atoms in total. The number of anilines is 1. The third kappa shape index (κ3) is 4.31. The first-order valence-electron chi connectivity index (χ1n) is 7.14. The number of nitrogens with one attached hydrogen (secondary N) is 1. The molecule has 4 heteroatoms. The van der Waals surface area contributed by atoms with Gasteiger partial charge in [0.2, 0.25) is 0 Å². The van der Waals surface area contributed by atoms with Crippen molar-refractivity contribution in [2.75, 3.05) is 11.9 Å². The fourth-order valence-corrected chi connectivity index (χ4v) is 1.97. The Bertz CT molecular complexity index is 567. The van der Waals surface area contributed by atoms with E-state index in [-0.39, 0.29) is 12.0 Å². The molecule has 0 aliphatic rings. The van der Waals surface area contributed by atoms with E-state index in [4.69, 9.17) is 4.74 Å². The predicted octanol–water partition coefficient (Wildman–Crippen LogP) is 3.82. The normalized spacial score (nSPS) is 11.7. The summed E-state index contributed by atoms with van der Waals surface area (Å²) in [6, 6.07) is 11.5. The molecule has 0 amide bonds. The molecule has 0 saturated carbocycles. The summed E-state index contributed by atoms with van der Waals surface area (Å²) in [7, 11) is 0. The van der Waals surface area contributed by atoms with Crippen LogP contribution < -0.4 is 5.32 Å². The van der Waals surface area contributed by atoms with Crippen molar-refractivity contribution in [1.82, 2.24) is 4.98 Å². The maximum Gasteiger partial charge on any atom is 0.338 e. The second-order valence-corrected chi connectivity index (χ2v) is 4.86. The van der Waals surface area contributed by atoms with Crippen molar-refractivity contribution in [2.24, 2.45) is 0 Å². The molecular weight excluding hydrogens is 264 g/mol. The average molecular weight is 284 g/mol. The molecule has 110 valence electrons. The summed E-state index contributed by atoms with van der Waals surface area (Å²) < 4.78 is 5.10. The second kappa shape index (κ2) is 7.43. The van der Waals surface area contributed by atoms with Gasteiger partial charge in [0.15, 0.2) is 0 Å².